The van der Waals surface area contributed by atoms with Crippen molar-refractivity contribution in [2.45, 2.75) is 18.7 Å². The minimum atomic E-state index is -0.233. The van der Waals surface area contributed by atoms with E-state index in [1.54, 1.807) is 0 Å². The molecule has 0 spiro atoms. The van der Waals surface area contributed by atoms with E-state index >= 15 is 0 Å². The second-order valence-corrected chi connectivity index (χ2v) is 8.69. The third kappa shape index (κ3) is 2.91. The van der Waals surface area contributed by atoms with Crippen LogP contribution in [0, 0.1) is 0 Å². The van der Waals surface area contributed by atoms with Crippen LogP contribution in [0.2, 0.25) is 0 Å². The number of hydrogen-bond donors (Lipinski definition) is 0. The van der Waals surface area contributed by atoms with E-state index in [-0.39, 0.29) is 12.3 Å². The highest BCUT2D eigenvalue weighted by molar-refractivity contribution is 9.10. The molecule has 2 heterocycles. The van der Waals surface area contributed by atoms with Crippen molar-refractivity contribution in [1.29, 1.82) is 0 Å². The minimum Gasteiger partial charge on any atom is -0.464 e. The summed E-state index contributed by atoms with van der Waals surface area (Å²) >= 11 is 3.62. The Morgan fingerprint density at radius 2 is 1.63 bits per heavy atom. The molecule has 0 aromatic heterocycles. The van der Waals surface area contributed by atoms with Crippen LogP contribution in [0.4, 0.5) is 0 Å². The number of ether oxygens (including phenoxy) is 1. The SMILES string of the molecule is Brc1ccc2c(c1)[C@@H]1CC(c3ccc4ccccc4c3)=NN1[C@@H](c1ccccc1)O2. The maximum atomic E-state index is 6.44. The van der Waals surface area contributed by atoms with Crippen molar-refractivity contribution in [3.63, 3.8) is 0 Å². The molecule has 6 rings (SSSR count). The third-order valence-electron chi connectivity index (χ3n) is 5.92. The number of halogens is 1. The number of benzene rings is 4. The molecule has 0 saturated heterocycles. The van der Waals surface area contributed by atoms with Gasteiger partial charge in [0, 0.05) is 22.0 Å². The molecule has 0 aliphatic carbocycles. The lowest BCUT2D eigenvalue weighted by Gasteiger charge is -2.38. The van der Waals surface area contributed by atoms with Gasteiger partial charge in [-0.25, -0.2) is 5.01 Å². The number of hydrogen-bond acceptors (Lipinski definition) is 3. The molecule has 2 aliphatic heterocycles. The van der Waals surface area contributed by atoms with Crippen LogP contribution < -0.4 is 4.74 Å². The molecule has 3 nitrogen and oxygen atoms in total. The molecule has 0 saturated carbocycles. The van der Waals surface area contributed by atoms with Gasteiger partial charge in [0.2, 0.25) is 6.23 Å². The summed E-state index contributed by atoms with van der Waals surface area (Å²) in [5, 5.41) is 9.70. The summed E-state index contributed by atoms with van der Waals surface area (Å²) in [4.78, 5) is 0. The van der Waals surface area contributed by atoms with Crippen LogP contribution in [-0.2, 0) is 0 Å². The lowest BCUT2D eigenvalue weighted by molar-refractivity contribution is -0.0190. The Kier molecular flexibility index (Phi) is 4.13. The molecule has 0 N–H and O–H groups in total. The van der Waals surface area contributed by atoms with Crippen molar-refractivity contribution < 1.29 is 4.74 Å². The van der Waals surface area contributed by atoms with Gasteiger partial charge in [-0.2, -0.15) is 5.10 Å². The second kappa shape index (κ2) is 6.99. The van der Waals surface area contributed by atoms with Crippen LogP contribution in [0.25, 0.3) is 10.8 Å². The molecule has 0 radical (unpaired) electrons. The van der Waals surface area contributed by atoms with Gasteiger partial charge in [-0.15, -0.1) is 0 Å². The van der Waals surface area contributed by atoms with Gasteiger partial charge < -0.3 is 4.74 Å². The van der Waals surface area contributed by atoms with Crippen molar-refractivity contribution in [3.8, 4) is 5.75 Å². The van der Waals surface area contributed by atoms with Crippen LogP contribution in [-0.4, -0.2) is 10.7 Å². The molecule has 4 aromatic rings. The van der Waals surface area contributed by atoms with Crippen LogP contribution in [0.3, 0.4) is 0 Å². The van der Waals surface area contributed by atoms with E-state index in [1.165, 1.54) is 21.9 Å². The van der Waals surface area contributed by atoms with Crippen LogP contribution in [0.1, 0.15) is 35.4 Å². The fourth-order valence-electron chi connectivity index (χ4n) is 4.44. The van der Waals surface area contributed by atoms with Gasteiger partial charge in [-0.3, -0.25) is 0 Å². The van der Waals surface area contributed by atoms with Crippen molar-refractivity contribution in [1.82, 2.24) is 5.01 Å². The van der Waals surface area contributed by atoms with Gasteiger partial charge in [0.15, 0.2) is 0 Å². The first-order valence-electron chi connectivity index (χ1n) is 10.1. The van der Waals surface area contributed by atoms with E-state index in [4.69, 9.17) is 9.84 Å². The molecule has 0 amide bonds. The first kappa shape index (κ1) is 17.7. The zero-order chi connectivity index (χ0) is 20.1. The fourth-order valence-corrected chi connectivity index (χ4v) is 4.82. The number of rotatable bonds is 2. The topological polar surface area (TPSA) is 24.8 Å². The Hall–Kier alpha value is -3.11. The molecular formula is C26H19BrN2O. The molecule has 0 unspecified atom stereocenters. The summed E-state index contributed by atoms with van der Waals surface area (Å²) in [6.45, 7) is 0. The molecule has 2 aliphatic rings. The standard InChI is InChI=1S/C26H19BrN2O/c27-21-12-13-25-22(15-21)24-16-23(20-11-10-17-6-4-5-9-19(17)14-20)28-29(24)26(30-25)18-7-2-1-3-8-18/h1-15,24,26H,16H2/t24-,26+/m0/s1. The Morgan fingerprint density at radius 3 is 2.50 bits per heavy atom. The second-order valence-electron chi connectivity index (χ2n) is 7.77. The van der Waals surface area contributed by atoms with E-state index in [2.05, 4.69) is 99.8 Å². The van der Waals surface area contributed by atoms with Crippen molar-refractivity contribution in [2.24, 2.45) is 5.10 Å². The van der Waals surface area contributed by atoms with Gasteiger partial charge in [-0.05, 0) is 40.6 Å². The molecule has 4 aromatic carbocycles. The highest BCUT2D eigenvalue weighted by Gasteiger charge is 2.41. The minimum absolute atomic E-state index is 0.151. The maximum Gasteiger partial charge on any atom is 0.213 e. The third-order valence-corrected chi connectivity index (χ3v) is 6.41. The first-order chi connectivity index (χ1) is 14.8. The summed E-state index contributed by atoms with van der Waals surface area (Å²) in [5.41, 5.74) is 4.56. The Bertz CT molecular complexity index is 1280. The van der Waals surface area contributed by atoms with Gasteiger partial charge in [-0.1, -0.05) is 82.7 Å². The number of fused-ring (bicyclic) bond motifs is 4. The average Bonchev–Trinajstić information content (AvgIpc) is 3.25. The summed E-state index contributed by atoms with van der Waals surface area (Å²) in [6, 6.07) is 31.8. The van der Waals surface area contributed by atoms with E-state index in [0.29, 0.717) is 0 Å². The highest BCUT2D eigenvalue weighted by atomic mass is 79.9. The van der Waals surface area contributed by atoms with Gasteiger partial charge >= 0.3 is 0 Å². The highest BCUT2D eigenvalue weighted by Crippen LogP contribution is 2.48. The Balaban J connectivity index is 1.46. The van der Waals surface area contributed by atoms with Crippen LogP contribution in [0.15, 0.2) is 101 Å². The Labute approximate surface area is 183 Å². The van der Waals surface area contributed by atoms with E-state index in [0.717, 1.165) is 27.9 Å². The lowest BCUT2D eigenvalue weighted by atomic mass is 9.95. The molecular weight excluding hydrogens is 436 g/mol. The van der Waals surface area contributed by atoms with Crippen molar-refractivity contribution >= 4 is 32.4 Å². The van der Waals surface area contributed by atoms with E-state index in [1.807, 2.05) is 12.1 Å². The largest absolute Gasteiger partial charge is 0.464 e. The summed E-state index contributed by atoms with van der Waals surface area (Å²) in [6.07, 6.45) is 0.622. The maximum absolute atomic E-state index is 6.44. The predicted molar refractivity (Wildman–Crippen MR) is 124 cm³/mol. The van der Waals surface area contributed by atoms with E-state index < -0.39 is 0 Å². The zero-order valence-corrected chi connectivity index (χ0v) is 17.8. The summed E-state index contributed by atoms with van der Waals surface area (Å²) < 4.78 is 7.50. The van der Waals surface area contributed by atoms with Crippen molar-refractivity contribution in [2.75, 3.05) is 0 Å². The Morgan fingerprint density at radius 1 is 0.833 bits per heavy atom. The first-order valence-corrected chi connectivity index (χ1v) is 10.9. The molecule has 30 heavy (non-hydrogen) atoms. The van der Waals surface area contributed by atoms with E-state index in [9.17, 15) is 0 Å². The molecule has 0 bridgehead atoms. The summed E-state index contributed by atoms with van der Waals surface area (Å²) in [7, 11) is 0. The molecule has 4 heteroatoms. The monoisotopic (exact) mass is 454 g/mol. The fraction of sp³-hybridized carbons (Fsp3) is 0.115. The predicted octanol–water partition coefficient (Wildman–Crippen LogP) is 6.84. The molecule has 2 atom stereocenters. The van der Waals surface area contributed by atoms with Crippen LogP contribution in [0.5, 0.6) is 5.75 Å². The smallest absolute Gasteiger partial charge is 0.213 e. The quantitative estimate of drug-likeness (QED) is 0.331. The number of nitrogens with zero attached hydrogens (tertiary/aromatic N) is 2. The summed E-state index contributed by atoms with van der Waals surface area (Å²) in [5.74, 6) is 0.934. The van der Waals surface area contributed by atoms with Gasteiger partial charge in [0.25, 0.3) is 0 Å². The lowest BCUT2D eigenvalue weighted by Crippen LogP contribution is -2.33. The van der Waals surface area contributed by atoms with Gasteiger partial charge in [0.05, 0.1) is 11.8 Å². The van der Waals surface area contributed by atoms with Gasteiger partial charge in [0.1, 0.15) is 5.75 Å². The number of hydrazone groups is 1. The normalized spacial score (nSPS) is 19.8. The average molecular weight is 455 g/mol. The van der Waals surface area contributed by atoms with Crippen LogP contribution >= 0.6 is 15.9 Å². The van der Waals surface area contributed by atoms with Crippen molar-refractivity contribution in [3.05, 3.63) is 112 Å². The zero-order valence-electron chi connectivity index (χ0n) is 16.2. The molecule has 146 valence electrons. The molecule has 0 fully saturated rings.